The molecule has 1 aliphatic rings. The van der Waals surface area contributed by atoms with Crippen molar-refractivity contribution in [2.24, 2.45) is 0 Å². The molecule has 118 valence electrons. The van der Waals surface area contributed by atoms with Crippen molar-refractivity contribution >= 4 is 33.7 Å². The Morgan fingerprint density at radius 2 is 2.36 bits per heavy atom. The number of thiophene rings is 1. The molecule has 7 heteroatoms. The Morgan fingerprint density at radius 1 is 1.55 bits per heavy atom. The Hall–Kier alpha value is -1.28. The number of carbonyl (C=O) groups is 1. The lowest BCUT2D eigenvalue weighted by Crippen LogP contribution is -2.30. The summed E-state index contributed by atoms with van der Waals surface area (Å²) in [5, 5.41) is 19.9. The first-order valence-electron chi connectivity index (χ1n) is 7.30. The number of hydrogen-bond donors (Lipinski definition) is 2. The zero-order chi connectivity index (χ0) is 15.5. The van der Waals surface area contributed by atoms with Crippen LogP contribution in [0.15, 0.2) is 22.2 Å². The molecular formula is C15H19N3O2S2. The highest BCUT2D eigenvalue weighted by Crippen LogP contribution is 2.33. The van der Waals surface area contributed by atoms with Crippen molar-refractivity contribution in [3.63, 3.8) is 0 Å². The Morgan fingerprint density at radius 3 is 3.00 bits per heavy atom. The largest absolute Gasteiger partial charge is 0.387 e. The number of anilines is 1. The number of thiazole rings is 1. The summed E-state index contributed by atoms with van der Waals surface area (Å²) in [6.45, 7) is 2.67. The molecule has 0 spiro atoms. The van der Waals surface area contributed by atoms with Gasteiger partial charge in [-0.1, -0.05) is 0 Å². The van der Waals surface area contributed by atoms with E-state index in [2.05, 4.69) is 10.3 Å². The minimum absolute atomic E-state index is 0.0595. The van der Waals surface area contributed by atoms with Gasteiger partial charge in [-0.15, -0.1) is 11.3 Å². The number of aromatic nitrogens is 1. The van der Waals surface area contributed by atoms with Gasteiger partial charge in [-0.2, -0.15) is 11.3 Å². The van der Waals surface area contributed by atoms with Crippen molar-refractivity contribution in [1.82, 2.24) is 10.3 Å². The van der Waals surface area contributed by atoms with Crippen molar-refractivity contribution in [2.45, 2.75) is 38.5 Å². The lowest BCUT2D eigenvalue weighted by atomic mass is 10.2. The zero-order valence-electron chi connectivity index (χ0n) is 12.4. The van der Waals surface area contributed by atoms with Crippen LogP contribution in [-0.4, -0.2) is 28.6 Å². The van der Waals surface area contributed by atoms with Gasteiger partial charge >= 0.3 is 0 Å². The van der Waals surface area contributed by atoms with E-state index in [-0.39, 0.29) is 5.91 Å². The smallest absolute Gasteiger partial charge is 0.225 e. The van der Waals surface area contributed by atoms with Gasteiger partial charge in [-0.05, 0) is 35.2 Å². The van der Waals surface area contributed by atoms with Crippen molar-refractivity contribution in [3.8, 4) is 0 Å². The molecule has 0 bridgehead atoms. The SMILES string of the molecule is CC(=O)N(c1nc(CNCC(O)c2ccsc2)cs1)C1CC1. The molecule has 2 aromatic heterocycles. The number of hydrogen-bond acceptors (Lipinski definition) is 6. The van der Waals surface area contributed by atoms with Crippen LogP contribution in [0.5, 0.6) is 0 Å². The number of nitrogens with one attached hydrogen (secondary N) is 1. The second-order valence-electron chi connectivity index (χ2n) is 5.44. The summed E-state index contributed by atoms with van der Waals surface area (Å²) in [7, 11) is 0. The van der Waals surface area contributed by atoms with E-state index in [9.17, 15) is 9.90 Å². The van der Waals surface area contributed by atoms with Crippen LogP contribution >= 0.6 is 22.7 Å². The molecule has 1 unspecified atom stereocenters. The number of nitrogens with zero attached hydrogens (tertiary/aromatic N) is 2. The van der Waals surface area contributed by atoms with Gasteiger partial charge in [-0.3, -0.25) is 9.69 Å². The lowest BCUT2D eigenvalue weighted by Gasteiger charge is -2.16. The third-order valence-electron chi connectivity index (χ3n) is 3.57. The summed E-state index contributed by atoms with van der Waals surface area (Å²) in [6, 6.07) is 2.27. The van der Waals surface area contributed by atoms with Gasteiger partial charge in [-0.25, -0.2) is 4.98 Å². The summed E-state index contributed by atoms with van der Waals surface area (Å²) in [4.78, 5) is 18.0. The standard InChI is InChI=1S/C15H19N3O2S2/c1-10(19)18(13-2-3-13)15-17-12(9-22-15)6-16-7-14(20)11-4-5-21-8-11/h4-5,8-9,13-14,16,20H,2-3,6-7H2,1H3. The molecule has 1 amide bonds. The molecule has 1 fully saturated rings. The van der Waals surface area contributed by atoms with Crippen LogP contribution in [0.25, 0.3) is 0 Å². The highest BCUT2D eigenvalue weighted by molar-refractivity contribution is 7.14. The van der Waals surface area contributed by atoms with E-state index in [0.29, 0.717) is 19.1 Å². The molecule has 1 atom stereocenters. The first-order valence-corrected chi connectivity index (χ1v) is 9.12. The highest BCUT2D eigenvalue weighted by atomic mass is 32.1. The number of amides is 1. The summed E-state index contributed by atoms with van der Waals surface area (Å²) in [5.74, 6) is 0.0595. The van der Waals surface area contributed by atoms with Gasteiger partial charge in [0.1, 0.15) is 0 Å². The van der Waals surface area contributed by atoms with Crippen molar-refractivity contribution in [2.75, 3.05) is 11.4 Å². The Balaban J connectivity index is 1.52. The summed E-state index contributed by atoms with van der Waals surface area (Å²) in [5.41, 5.74) is 1.84. The molecule has 5 nitrogen and oxygen atoms in total. The van der Waals surface area contributed by atoms with Crippen LogP contribution in [0, 0.1) is 0 Å². The minimum atomic E-state index is -0.496. The Bertz CT molecular complexity index is 623. The molecule has 22 heavy (non-hydrogen) atoms. The van der Waals surface area contributed by atoms with Crippen molar-refractivity contribution in [3.05, 3.63) is 33.5 Å². The number of carbonyl (C=O) groups excluding carboxylic acids is 1. The normalized spacial score (nSPS) is 15.7. The van der Waals surface area contributed by atoms with Gasteiger partial charge in [0, 0.05) is 31.4 Å². The maximum atomic E-state index is 11.7. The number of aliphatic hydroxyl groups is 1. The van der Waals surface area contributed by atoms with Crippen LogP contribution in [-0.2, 0) is 11.3 Å². The average Bonchev–Trinajstić information content (AvgIpc) is 2.99. The monoisotopic (exact) mass is 337 g/mol. The third kappa shape index (κ3) is 3.73. The van der Waals surface area contributed by atoms with Gasteiger partial charge in [0.15, 0.2) is 5.13 Å². The second kappa shape index (κ2) is 6.87. The average molecular weight is 337 g/mol. The highest BCUT2D eigenvalue weighted by Gasteiger charge is 2.33. The van der Waals surface area contributed by atoms with E-state index in [1.165, 1.54) is 11.3 Å². The Kier molecular flexibility index (Phi) is 4.87. The minimum Gasteiger partial charge on any atom is -0.387 e. The molecule has 2 aromatic rings. The van der Waals surface area contributed by atoms with Crippen LogP contribution < -0.4 is 10.2 Å². The molecule has 2 heterocycles. The fourth-order valence-electron chi connectivity index (χ4n) is 2.29. The third-order valence-corrected chi connectivity index (χ3v) is 5.16. The van der Waals surface area contributed by atoms with Crippen LogP contribution in [0.4, 0.5) is 5.13 Å². The Labute approximate surface area is 137 Å². The topological polar surface area (TPSA) is 65.5 Å². The van der Waals surface area contributed by atoms with Crippen LogP contribution in [0.2, 0.25) is 0 Å². The van der Waals surface area contributed by atoms with E-state index in [0.717, 1.165) is 29.2 Å². The maximum absolute atomic E-state index is 11.7. The van der Waals surface area contributed by atoms with E-state index in [1.54, 1.807) is 23.2 Å². The molecule has 2 N–H and O–H groups in total. The van der Waals surface area contributed by atoms with E-state index >= 15 is 0 Å². The number of aliphatic hydroxyl groups excluding tert-OH is 1. The lowest BCUT2D eigenvalue weighted by molar-refractivity contribution is -0.116. The maximum Gasteiger partial charge on any atom is 0.225 e. The molecular weight excluding hydrogens is 318 g/mol. The molecule has 0 aromatic carbocycles. The van der Waals surface area contributed by atoms with Crippen molar-refractivity contribution < 1.29 is 9.90 Å². The van der Waals surface area contributed by atoms with E-state index < -0.39 is 6.10 Å². The summed E-state index contributed by atoms with van der Waals surface area (Å²) >= 11 is 3.08. The number of rotatable bonds is 7. The van der Waals surface area contributed by atoms with Crippen LogP contribution in [0.1, 0.15) is 37.1 Å². The van der Waals surface area contributed by atoms with Gasteiger partial charge in [0.05, 0.1) is 11.8 Å². The van der Waals surface area contributed by atoms with E-state index in [4.69, 9.17) is 0 Å². The molecule has 1 aliphatic carbocycles. The zero-order valence-corrected chi connectivity index (χ0v) is 14.0. The first kappa shape index (κ1) is 15.6. The second-order valence-corrected chi connectivity index (χ2v) is 7.06. The van der Waals surface area contributed by atoms with Crippen LogP contribution in [0.3, 0.4) is 0 Å². The van der Waals surface area contributed by atoms with Crippen molar-refractivity contribution in [1.29, 1.82) is 0 Å². The first-order chi connectivity index (χ1) is 10.6. The van der Waals surface area contributed by atoms with Gasteiger partial charge in [0.2, 0.25) is 5.91 Å². The van der Waals surface area contributed by atoms with Gasteiger partial charge < -0.3 is 10.4 Å². The predicted octanol–water partition coefficient (Wildman–Crippen LogP) is 2.54. The molecule has 0 aliphatic heterocycles. The summed E-state index contributed by atoms with van der Waals surface area (Å²) in [6.07, 6.45) is 1.64. The fraction of sp³-hybridized carbons (Fsp3) is 0.467. The predicted molar refractivity (Wildman–Crippen MR) is 89.3 cm³/mol. The molecule has 1 saturated carbocycles. The summed E-state index contributed by atoms with van der Waals surface area (Å²) < 4.78 is 0. The fourth-order valence-corrected chi connectivity index (χ4v) is 3.93. The molecule has 0 saturated heterocycles. The van der Waals surface area contributed by atoms with Gasteiger partial charge in [0.25, 0.3) is 0 Å². The molecule has 0 radical (unpaired) electrons. The molecule has 3 rings (SSSR count). The quantitative estimate of drug-likeness (QED) is 0.815. The van der Waals surface area contributed by atoms with E-state index in [1.807, 2.05) is 22.2 Å².